The van der Waals surface area contributed by atoms with Crippen LogP contribution in [0.1, 0.15) is 17.1 Å². The minimum Gasteiger partial charge on any atom is -0.218 e. The molecule has 1 aromatic carbocycles. The van der Waals surface area contributed by atoms with E-state index in [9.17, 15) is 0 Å². The minimum atomic E-state index is 0.739. The van der Waals surface area contributed by atoms with E-state index in [-0.39, 0.29) is 0 Å². The van der Waals surface area contributed by atoms with Crippen molar-refractivity contribution in [3.05, 3.63) is 64.0 Å². The first-order chi connectivity index (χ1) is 8.74. The molecule has 0 atom stereocenters. The largest absolute Gasteiger partial charge is 0.218 e. The van der Waals surface area contributed by atoms with Crippen LogP contribution in [0.5, 0.6) is 0 Å². The molecule has 90 valence electrons. The Labute approximate surface area is 114 Å². The molecule has 0 N–H and O–H groups in total. The van der Waals surface area contributed by atoms with Crippen LogP contribution >= 0.6 is 15.9 Å². The molecule has 0 amide bonds. The highest BCUT2D eigenvalue weighted by Crippen LogP contribution is 2.18. The maximum atomic E-state index is 4.54. The summed E-state index contributed by atoms with van der Waals surface area (Å²) in [5.41, 5.74) is 3.20. The molecule has 0 radical (unpaired) electrons. The molecule has 18 heavy (non-hydrogen) atoms. The zero-order valence-corrected chi connectivity index (χ0v) is 11.6. The second kappa shape index (κ2) is 4.53. The van der Waals surface area contributed by atoms with Crippen molar-refractivity contribution in [2.24, 2.45) is 0 Å². The lowest BCUT2D eigenvalue weighted by Gasteiger charge is -1.99. The summed E-state index contributed by atoms with van der Waals surface area (Å²) in [5, 5.41) is 4.53. The van der Waals surface area contributed by atoms with E-state index in [0.717, 1.165) is 28.1 Å². The molecule has 0 bridgehead atoms. The number of aryl methyl sites for hydroxylation is 1. The lowest BCUT2D eigenvalue weighted by Crippen LogP contribution is -1.95. The van der Waals surface area contributed by atoms with E-state index >= 15 is 0 Å². The fourth-order valence-electron chi connectivity index (χ4n) is 1.97. The van der Waals surface area contributed by atoms with E-state index in [1.807, 2.05) is 47.8 Å². The fourth-order valence-corrected chi connectivity index (χ4v) is 2.39. The summed E-state index contributed by atoms with van der Waals surface area (Å²) >= 11 is 3.55. The summed E-state index contributed by atoms with van der Waals surface area (Å²) in [7, 11) is 0. The number of halogens is 1. The molecular weight excluding hydrogens is 290 g/mol. The van der Waals surface area contributed by atoms with Crippen LogP contribution in [0.4, 0.5) is 0 Å². The Hall–Kier alpha value is -1.68. The zero-order chi connectivity index (χ0) is 12.5. The van der Waals surface area contributed by atoms with E-state index < -0.39 is 0 Å². The van der Waals surface area contributed by atoms with E-state index in [1.165, 1.54) is 5.56 Å². The van der Waals surface area contributed by atoms with Crippen molar-refractivity contribution in [2.45, 2.75) is 13.3 Å². The third-order valence-corrected chi connectivity index (χ3v) is 3.67. The summed E-state index contributed by atoms with van der Waals surface area (Å²) in [4.78, 5) is 4.54. The van der Waals surface area contributed by atoms with Crippen molar-refractivity contribution >= 4 is 21.6 Å². The Morgan fingerprint density at radius 2 is 1.94 bits per heavy atom. The SMILES string of the molecule is Cc1cccc2nc(Cc3ccccc3Br)nn12. The molecule has 2 aromatic heterocycles. The highest BCUT2D eigenvalue weighted by Gasteiger charge is 2.07. The van der Waals surface area contributed by atoms with Gasteiger partial charge in [0.2, 0.25) is 0 Å². The van der Waals surface area contributed by atoms with Crippen LogP contribution in [0.15, 0.2) is 46.9 Å². The van der Waals surface area contributed by atoms with Crippen molar-refractivity contribution in [3.63, 3.8) is 0 Å². The maximum absolute atomic E-state index is 4.54. The van der Waals surface area contributed by atoms with Crippen LogP contribution in [0, 0.1) is 6.92 Å². The summed E-state index contributed by atoms with van der Waals surface area (Å²) in [6.07, 6.45) is 0.739. The lowest BCUT2D eigenvalue weighted by molar-refractivity contribution is 0.870. The van der Waals surface area contributed by atoms with Gasteiger partial charge in [-0.1, -0.05) is 40.2 Å². The monoisotopic (exact) mass is 301 g/mol. The van der Waals surface area contributed by atoms with Crippen molar-refractivity contribution < 1.29 is 0 Å². The number of nitrogens with zero attached hydrogens (tertiary/aromatic N) is 3. The molecule has 0 saturated heterocycles. The van der Waals surface area contributed by atoms with Gasteiger partial charge in [-0.2, -0.15) is 5.10 Å². The molecule has 0 fully saturated rings. The van der Waals surface area contributed by atoms with Gasteiger partial charge in [-0.3, -0.25) is 0 Å². The molecule has 0 unspecified atom stereocenters. The van der Waals surface area contributed by atoms with Gasteiger partial charge in [0.15, 0.2) is 11.5 Å². The van der Waals surface area contributed by atoms with Gasteiger partial charge in [-0.15, -0.1) is 0 Å². The Bertz CT molecular complexity index is 703. The molecule has 0 aliphatic rings. The Kier molecular flexibility index (Phi) is 2.88. The summed E-state index contributed by atoms with van der Waals surface area (Å²) in [5.74, 6) is 0.844. The third-order valence-electron chi connectivity index (χ3n) is 2.90. The maximum Gasteiger partial charge on any atom is 0.156 e. The van der Waals surface area contributed by atoms with Gasteiger partial charge >= 0.3 is 0 Å². The van der Waals surface area contributed by atoms with E-state index in [1.54, 1.807) is 0 Å². The van der Waals surface area contributed by atoms with Crippen LogP contribution < -0.4 is 0 Å². The molecule has 3 aromatic rings. The lowest BCUT2D eigenvalue weighted by atomic mass is 10.1. The molecule has 0 aliphatic heterocycles. The van der Waals surface area contributed by atoms with Gasteiger partial charge in [0.1, 0.15) is 0 Å². The van der Waals surface area contributed by atoms with Crippen molar-refractivity contribution in [2.75, 3.05) is 0 Å². The number of fused-ring (bicyclic) bond motifs is 1. The van der Waals surface area contributed by atoms with Crippen LogP contribution in [-0.4, -0.2) is 14.6 Å². The molecule has 0 aliphatic carbocycles. The molecule has 0 spiro atoms. The number of pyridine rings is 1. The molecule has 3 rings (SSSR count). The molecule has 2 heterocycles. The topological polar surface area (TPSA) is 30.2 Å². The standard InChI is InChI=1S/C14H12BrN3/c1-10-5-4-8-14-16-13(17-18(10)14)9-11-6-2-3-7-12(11)15/h2-8H,9H2,1H3. The first-order valence-corrected chi connectivity index (χ1v) is 6.58. The number of hydrogen-bond acceptors (Lipinski definition) is 2. The third kappa shape index (κ3) is 2.04. The Morgan fingerprint density at radius 1 is 1.11 bits per heavy atom. The summed E-state index contributed by atoms with van der Waals surface area (Å²) in [6, 6.07) is 14.2. The number of benzene rings is 1. The number of rotatable bonds is 2. The Balaban J connectivity index is 2.01. The van der Waals surface area contributed by atoms with Crippen molar-refractivity contribution in [3.8, 4) is 0 Å². The predicted octanol–water partition coefficient (Wildman–Crippen LogP) is 3.39. The van der Waals surface area contributed by atoms with Crippen molar-refractivity contribution in [1.29, 1.82) is 0 Å². The highest BCUT2D eigenvalue weighted by atomic mass is 79.9. The molecule has 3 nitrogen and oxygen atoms in total. The number of hydrogen-bond donors (Lipinski definition) is 0. The second-order valence-electron chi connectivity index (χ2n) is 4.23. The highest BCUT2D eigenvalue weighted by molar-refractivity contribution is 9.10. The van der Waals surface area contributed by atoms with Gasteiger partial charge in [-0.05, 0) is 30.7 Å². The second-order valence-corrected chi connectivity index (χ2v) is 5.09. The summed E-state index contributed by atoms with van der Waals surface area (Å²) < 4.78 is 2.98. The van der Waals surface area contributed by atoms with Crippen LogP contribution in [0.3, 0.4) is 0 Å². The molecule has 0 saturated carbocycles. The quantitative estimate of drug-likeness (QED) is 0.726. The van der Waals surface area contributed by atoms with Crippen LogP contribution in [0.2, 0.25) is 0 Å². The molecular formula is C14H12BrN3. The minimum absolute atomic E-state index is 0.739. The first kappa shape index (κ1) is 11.4. The predicted molar refractivity (Wildman–Crippen MR) is 74.7 cm³/mol. The summed E-state index contributed by atoms with van der Waals surface area (Å²) in [6.45, 7) is 2.03. The molecule has 4 heteroatoms. The average molecular weight is 302 g/mol. The normalized spacial score (nSPS) is 11.0. The van der Waals surface area contributed by atoms with Gasteiger partial charge in [0.05, 0.1) is 0 Å². The smallest absolute Gasteiger partial charge is 0.156 e. The van der Waals surface area contributed by atoms with E-state index in [0.29, 0.717) is 0 Å². The van der Waals surface area contributed by atoms with Crippen molar-refractivity contribution in [1.82, 2.24) is 14.6 Å². The average Bonchev–Trinajstić information content (AvgIpc) is 2.76. The zero-order valence-electron chi connectivity index (χ0n) is 9.97. The van der Waals surface area contributed by atoms with Crippen LogP contribution in [-0.2, 0) is 6.42 Å². The van der Waals surface area contributed by atoms with Gasteiger partial charge < -0.3 is 0 Å². The number of aromatic nitrogens is 3. The first-order valence-electron chi connectivity index (χ1n) is 5.79. The Morgan fingerprint density at radius 3 is 2.72 bits per heavy atom. The van der Waals surface area contributed by atoms with Gasteiger partial charge in [0.25, 0.3) is 0 Å². The fraction of sp³-hybridized carbons (Fsp3) is 0.143. The van der Waals surface area contributed by atoms with E-state index in [2.05, 4.69) is 32.1 Å². The van der Waals surface area contributed by atoms with Gasteiger partial charge in [-0.25, -0.2) is 9.50 Å². The van der Waals surface area contributed by atoms with E-state index in [4.69, 9.17) is 0 Å². The van der Waals surface area contributed by atoms with Crippen LogP contribution in [0.25, 0.3) is 5.65 Å². The van der Waals surface area contributed by atoms with Gasteiger partial charge in [0, 0.05) is 16.6 Å².